The number of anilines is 3. The highest BCUT2D eigenvalue weighted by Crippen LogP contribution is 2.33. The van der Waals surface area contributed by atoms with Crippen molar-refractivity contribution in [3.05, 3.63) is 17.7 Å². The fourth-order valence-electron chi connectivity index (χ4n) is 1.96. The molecule has 5 heteroatoms. The summed E-state index contributed by atoms with van der Waals surface area (Å²) in [5.41, 5.74) is 9.64. The lowest BCUT2D eigenvalue weighted by molar-refractivity contribution is -0.115. The topological polar surface area (TPSA) is 58.4 Å². The summed E-state index contributed by atoms with van der Waals surface area (Å²) >= 11 is 1.80. The SMILES string of the molecule is CSCCN(C)c1cc2c(cc1N)CC(=O)N2. The molecule has 0 aromatic heterocycles. The van der Waals surface area contributed by atoms with Crippen LogP contribution in [-0.2, 0) is 11.2 Å². The monoisotopic (exact) mass is 251 g/mol. The first-order valence-electron chi connectivity index (χ1n) is 5.54. The Morgan fingerprint density at radius 2 is 2.29 bits per heavy atom. The van der Waals surface area contributed by atoms with Crippen molar-refractivity contribution in [3.63, 3.8) is 0 Å². The van der Waals surface area contributed by atoms with Gasteiger partial charge in [-0.25, -0.2) is 0 Å². The van der Waals surface area contributed by atoms with Gasteiger partial charge in [0.05, 0.1) is 17.8 Å². The molecule has 1 aromatic rings. The van der Waals surface area contributed by atoms with Gasteiger partial charge in [0.15, 0.2) is 0 Å². The third kappa shape index (κ3) is 2.49. The van der Waals surface area contributed by atoms with Crippen LogP contribution in [0, 0.1) is 0 Å². The molecule has 0 atom stereocenters. The highest BCUT2D eigenvalue weighted by molar-refractivity contribution is 7.98. The molecule has 17 heavy (non-hydrogen) atoms. The number of carbonyl (C=O) groups excluding carboxylic acids is 1. The van der Waals surface area contributed by atoms with E-state index in [0.29, 0.717) is 6.42 Å². The zero-order chi connectivity index (χ0) is 12.4. The van der Waals surface area contributed by atoms with E-state index < -0.39 is 0 Å². The van der Waals surface area contributed by atoms with Crippen molar-refractivity contribution < 1.29 is 4.79 Å². The standard InChI is InChI=1S/C12H17N3OS/c1-15(3-4-17-2)11-7-10-8(5-9(11)13)6-12(16)14-10/h5,7H,3-4,6,13H2,1-2H3,(H,14,16). The largest absolute Gasteiger partial charge is 0.397 e. The Bertz CT molecular complexity index is 448. The number of carbonyl (C=O) groups is 1. The van der Waals surface area contributed by atoms with Gasteiger partial charge < -0.3 is 16.0 Å². The van der Waals surface area contributed by atoms with Crippen molar-refractivity contribution in [1.82, 2.24) is 0 Å². The number of hydrogen-bond acceptors (Lipinski definition) is 4. The highest BCUT2D eigenvalue weighted by Gasteiger charge is 2.20. The van der Waals surface area contributed by atoms with Crippen LogP contribution in [0.2, 0.25) is 0 Å². The van der Waals surface area contributed by atoms with Gasteiger partial charge in [-0.15, -0.1) is 0 Å². The number of nitrogen functional groups attached to an aromatic ring is 1. The van der Waals surface area contributed by atoms with Crippen LogP contribution in [0.15, 0.2) is 12.1 Å². The van der Waals surface area contributed by atoms with Gasteiger partial charge >= 0.3 is 0 Å². The lowest BCUT2D eigenvalue weighted by Gasteiger charge is -2.21. The fraction of sp³-hybridized carbons (Fsp3) is 0.417. The van der Waals surface area contributed by atoms with Gasteiger partial charge in [0.1, 0.15) is 0 Å². The average molecular weight is 251 g/mol. The van der Waals surface area contributed by atoms with Crippen molar-refractivity contribution in [1.29, 1.82) is 0 Å². The molecule has 0 fully saturated rings. The fourth-order valence-corrected chi connectivity index (χ4v) is 2.42. The first kappa shape index (κ1) is 12.1. The number of nitrogens with two attached hydrogens (primary N) is 1. The summed E-state index contributed by atoms with van der Waals surface area (Å²) in [7, 11) is 2.02. The van der Waals surface area contributed by atoms with Crippen LogP contribution >= 0.6 is 11.8 Å². The van der Waals surface area contributed by atoms with E-state index in [4.69, 9.17) is 5.73 Å². The van der Waals surface area contributed by atoms with Crippen molar-refractivity contribution in [2.45, 2.75) is 6.42 Å². The molecular weight excluding hydrogens is 234 g/mol. The van der Waals surface area contributed by atoms with E-state index in [0.717, 1.165) is 34.9 Å². The van der Waals surface area contributed by atoms with Crippen molar-refractivity contribution in [2.24, 2.45) is 0 Å². The molecular formula is C12H17N3OS. The molecule has 1 amide bonds. The predicted octanol–water partition coefficient (Wildman–Crippen LogP) is 1.56. The summed E-state index contributed by atoms with van der Waals surface area (Å²) in [6.45, 7) is 0.943. The highest BCUT2D eigenvalue weighted by atomic mass is 32.2. The second kappa shape index (κ2) is 4.87. The molecule has 92 valence electrons. The van der Waals surface area contributed by atoms with Crippen LogP contribution in [0.3, 0.4) is 0 Å². The normalized spacial score (nSPS) is 13.4. The van der Waals surface area contributed by atoms with Gasteiger partial charge in [-0.05, 0) is 24.0 Å². The summed E-state index contributed by atoms with van der Waals surface area (Å²) in [4.78, 5) is 13.4. The summed E-state index contributed by atoms with van der Waals surface area (Å²) in [6.07, 6.45) is 2.52. The van der Waals surface area contributed by atoms with Crippen LogP contribution in [0.1, 0.15) is 5.56 Å². The van der Waals surface area contributed by atoms with Crippen molar-refractivity contribution >= 4 is 34.7 Å². The molecule has 0 spiro atoms. The van der Waals surface area contributed by atoms with Gasteiger partial charge in [-0.3, -0.25) is 4.79 Å². The molecule has 0 radical (unpaired) electrons. The smallest absolute Gasteiger partial charge is 0.228 e. The minimum absolute atomic E-state index is 0.0447. The molecule has 1 aromatic carbocycles. The van der Waals surface area contributed by atoms with Gasteiger partial charge in [-0.1, -0.05) is 0 Å². The van der Waals surface area contributed by atoms with Gasteiger partial charge in [0.25, 0.3) is 0 Å². The molecule has 1 aliphatic rings. The molecule has 0 saturated heterocycles. The van der Waals surface area contributed by atoms with Crippen LogP contribution < -0.4 is 16.0 Å². The van der Waals surface area contributed by atoms with Crippen molar-refractivity contribution in [3.8, 4) is 0 Å². The first-order chi connectivity index (χ1) is 8.11. The van der Waals surface area contributed by atoms with Crippen LogP contribution in [-0.4, -0.2) is 31.5 Å². The Morgan fingerprint density at radius 1 is 1.53 bits per heavy atom. The number of rotatable bonds is 4. The minimum atomic E-state index is 0.0447. The summed E-state index contributed by atoms with van der Waals surface area (Å²) in [5.74, 6) is 1.10. The molecule has 0 aliphatic carbocycles. The average Bonchev–Trinajstić information content (AvgIpc) is 2.64. The number of thioether (sulfide) groups is 1. The second-order valence-electron chi connectivity index (χ2n) is 4.21. The quantitative estimate of drug-likeness (QED) is 0.797. The van der Waals surface area contributed by atoms with E-state index in [1.807, 2.05) is 19.2 Å². The Morgan fingerprint density at radius 3 is 3.00 bits per heavy atom. The number of amides is 1. The zero-order valence-electron chi connectivity index (χ0n) is 10.1. The van der Waals surface area contributed by atoms with E-state index in [1.54, 1.807) is 11.8 Å². The molecule has 4 nitrogen and oxygen atoms in total. The number of fused-ring (bicyclic) bond motifs is 1. The number of benzene rings is 1. The Balaban J connectivity index is 2.24. The Hall–Kier alpha value is -1.36. The molecule has 0 saturated carbocycles. The lowest BCUT2D eigenvalue weighted by atomic mass is 10.1. The molecule has 1 aliphatic heterocycles. The van der Waals surface area contributed by atoms with Gasteiger partial charge in [0, 0.05) is 25.0 Å². The number of nitrogens with zero attached hydrogens (tertiary/aromatic N) is 1. The third-order valence-corrected chi connectivity index (χ3v) is 3.51. The molecule has 0 unspecified atom stereocenters. The van der Waals surface area contributed by atoms with Gasteiger partial charge in [0.2, 0.25) is 5.91 Å². The molecule has 2 rings (SSSR count). The number of hydrogen-bond donors (Lipinski definition) is 2. The van der Waals surface area contributed by atoms with E-state index in [2.05, 4.69) is 16.5 Å². The lowest BCUT2D eigenvalue weighted by Crippen LogP contribution is -2.21. The van der Waals surface area contributed by atoms with Crippen LogP contribution in [0.4, 0.5) is 17.1 Å². The van der Waals surface area contributed by atoms with Crippen LogP contribution in [0.25, 0.3) is 0 Å². The summed E-state index contributed by atoms with van der Waals surface area (Å²) < 4.78 is 0. The zero-order valence-corrected chi connectivity index (χ0v) is 10.9. The molecule has 1 heterocycles. The summed E-state index contributed by atoms with van der Waals surface area (Å²) in [6, 6.07) is 3.87. The molecule has 3 N–H and O–H groups in total. The first-order valence-corrected chi connectivity index (χ1v) is 6.93. The second-order valence-corrected chi connectivity index (χ2v) is 5.19. The maximum Gasteiger partial charge on any atom is 0.228 e. The van der Waals surface area contributed by atoms with Crippen molar-refractivity contribution in [2.75, 3.05) is 41.6 Å². The predicted molar refractivity (Wildman–Crippen MR) is 74.8 cm³/mol. The van der Waals surface area contributed by atoms with E-state index in [9.17, 15) is 4.79 Å². The maximum atomic E-state index is 11.3. The molecule has 0 bridgehead atoms. The van der Waals surface area contributed by atoms with E-state index in [1.165, 1.54) is 0 Å². The number of nitrogens with one attached hydrogen (secondary N) is 1. The Kier molecular flexibility index (Phi) is 3.47. The van der Waals surface area contributed by atoms with Gasteiger partial charge in [-0.2, -0.15) is 11.8 Å². The third-order valence-electron chi connectivity index (χ3n) is 2.92. The minimum Gasteiger partial charge on any atom is -0.397 e. The van der Waals surface area contributed by atoms with E-state index >= 15 is 0 Å². The maximum absolute atomic E-state index is 11.3. The van der Waals surface area contributed by atoms with Crippen LogP contribution in [0.5, 0.6) is 0 Å². The summed E-state index contributed by atoms with van der Waals surface area (Å²) in [5, 5.41) is 2.85. The van der Waals surface area contributed by atoms with E-state index in [-0.39, 0.29) is 5.91 Å². The Labute approximate surface area is 106 Å².